The maximum Gasteiger partial charge on any atom is 0.143 e. The van der Waals surface area contributed by atoms with Gasteiger partial charge in [0.2, 0.25) is 0 Å². The van der Waals surface area contributed by atoms with Crippen molar-refractivity contribution in [1.82, 2.24) is 0 Å². The van der Waals surface area contributed by atoms with Crippen LogP contribution in [-0.2, 0) is 0 Å². The molecule has 3 nitrogen and oxygen atoms in total. The van der Waals surface area contributed by atoms with Crippen LogP contribution in [-0.4, -0.2) is 0 Å². The Hall–Kier alpha value is -9.44. The van der Waals surface area contributed by atoms with Crippen LogP contribution in [0.25, 0.3) is 121 Å². The monoisotopic (exact) mass is 905 g/mol. The van der Waals surface area contributed by atoms with Gasteiger partial charge < -0.3 is 13.7 Å². The SMILES string of the molecule is c1ccc(-c2ccc(N(c3ccc(-c4cccc5c4oc4c(-c6ccccc6)cc6ccccc6c45)cc3)c3ccc(-c4cccc5c4oc4c(-c6ccccc6)cc6ccccc6c45)cc3)cc2)cc1. The normalized spacial score (nSPS) is 11.7. The number of furan rings is 2. The van der Waals surface area contributed by atoms with E-state index in [1.807, 2.05) is 0 Å². The Morgan fingerprint density at radius 1 is 0.225 bits per heavy atom. The van der Waals surface area contributed by atoms with Crippen molar-refractivity contribution < 1.29 is 8.83 Å². The predicted octanol–water partition coefficient (Wildman–Crippen LogP) is 19.6. The lowest BCUT2D eigenvalue weighted by Gasteiger charge is -2.26. The van der Waals surface area contributed by atoms with Crippen molar-refractivity contribution in [3.8, 4) is 55.6 Å². The Bertz CT molecular complexity index is 4050. The van der Waals surface area contributed by atoms with Crippen LogP contribution < -0.4 is 4.90 Å². The number of hydrogen-bond acceptors (Lipinski definition) is 3. The molecule has 14 rings (SSSR count). The summed E-state index contributed by atoms with van der Waals surface area (Å²) in [5.74, 6) is 0. The third kappa shape index (κ3) is 6.82. The molecule has 0 amide bonds. The molecule has 0 aliphatic heterocycles. The van der Waals surface area contributed by atoms with E-state index in [0.717, 1.165) is 105 Å². The van der Waals surface area contributed by atoms with E-state index in [-0.39, 0.29) is 0 Å². The van der Waals surface area contributed by atoms with E-state index >= 15 is 0 Å². The molecule has 0 radical (unpaired) electrons. The molecule has 0 bridgehead atoms. The minimum Gasteiger partial charge on any atom is -0.455 e. The molecule has 3 heteroatoms. The summed E-state index contributed by atoms with van der Waals surface area (Å²) in [5.41, 5.74) is 17.8. The largest absolute Gasteiger partial charge is 0.455 e. The average Bonchev–Trinajstić information content (AvgIpc) is 4.05. The van der Waals surface area contributed by atoms with Crippen LogP contribution in [0.1, 0.15) is 0 Å². The van der Waals surface area contributed by atoms with Gasteiger partial charge in [-0.25, -0.2) is 0 Å². The average molecular weight is 906 g/mol. The fraction of sp³-hybridized carbons (Fsp3) is 0. The van der Waals surface area contributed by atoms with Crippen LogP contribution in [0.3, 0.4) is 0 Å². The first-order valence-corrected chi connectivity index (χ1v) is 24.2. The number of benzene rings is 12. The second-order valence-corrected chi connectivity index (χ2v) is 18.3. The molecule has 0 saturated carbocycles. The highest BCUT2D eigenvalue weighted by Gasteiger charge is 2.22. The van der Waals surface area contributed by atoms with E-state index in [4.69, 9.17) is 8.83 Å². The Morgan fingerprint density at radius 2 is 0.549 bits per heavy atom. The summed E-state index contributed by atoms with van der Waals surface area (Å²) in [7, 11) is 0. The Balaban J connectivity index is 0.880. The maximum absolute atomic E-state index is 7.01. The summed E-state index contributed by atoms with van der Waals surface area (Å²) < 4.78 is 14.0. The van der Waals surface area contributed by atoms with E-state index in [1.165, 1.54) is 32.7 Å². The summed E-state index contributed by atoms with van der Waals surface area (Å²) in [6, 6.07) is 93.2. The molecular formula is C68H43NO2. The van der Waals surface area contributed by atoms with Gasteiger partial charge in [0.15, 0.2) is 0 Å². The lowest BCUT2D eigenvalue weighted by atomic mass is 9.95. The lowest BCUT2D eigenvalue weighted by molar-refractivity contribution is 0.671. The van der Waals surface area contributed by atoms with Crippen molar-refractivity contribution in [2.45, 2.75) is 0 Å². The number of nitrogens with zero attached hydrogens (tertiary/aromatic N) is 1. The highest BCUT2D eigenvalue weighted by molar-refractivity contribution is 6.25. The van der Waals surface area contributed by atoms with Crippen LogP contribution in [0.15, 0.2) is 270 Å². The molecule has 2 aromatic heterocycles. The molecule has 12 aromatic carbocycles. The highest BCUT2D eigenvalue weighted by atomic mass is 16.3. The quantitative estimate of drug-likeness (QED) is 0.152. The molecule has 332 valence electrons. The molecule has 0 spiro atoms. The molecular weight excluding hydrogens is 863 g/mol. The van der Waals surface area contributed by atoms with Gasteiger partial charge in [-0.2, -0.15) is 0 Å². The van der Waals surface area contributed by atoms with Crippen LogP contribution in [0.4, 0.5) is 17.1 Å². The molecule has 0 unspecified atom stereocenters. The van der Waals surface area contributed by atoms with E-state index in [1.54, 1.807) is 0 Å². The molecule has 0 aliphatic rings. The Morgan fingerprint density at radius 3 is 0.972 bits per heavy atom. The van der Waals surface area contributed by atoms with E-state index in [9.17, 15) is 0 Å². The zero-order valence-corrected chi connectivity index (χ0v) is 38.6. The summed E-state index contributed by atoms with van der Waals surface area (Å²) in [6.45, 7) is 0. The minimum atomic E-state index is 0.886. The van der Waals surface area contributed by atoms with Crippen LogP contribution in [0.5, 0.6) is 0 Å². The zero-order chi connectivity index (χ0) is 46.8. The highest BCUT2D eigenvalue weighted by Crippen LogP contribution is 2.47. The van der Waals surface area contributed by atoms with Gasteiger partial charge in [0.1, 0.15) is 22.3 Å². The molecule has 0 aliphatic carbocycles. The third-order valence-corrected chi connectivity index (χ3v) is 14.3. The van der Waals surface area contributed by atoms with Gasteiger partial charge >= 0.3 is 0 Å². The fourth-order valence-corrected chi connectivity index (χ4v) is 10.9. The molecule has 0 saturated heterocycles. The van der Waals surface area contributed by atoms with Crippen molar-refractivity contribution in [2.24, 2.45) is 0 Å². The molecule has 71 heavy (non-hydrogen) atoms. The number of fused-ring (bicyclic) bond motifs is 10. The number of hydrogen-bond donors (Lipinski definition) is 0. The van der Waals surface area contributed by atoms with Gasteiger partial charge in [0.05, 0.1) is 0 Å². The summed E-state index contributed by atoms with van der Waals surface area (Å²) in [6.07, 6.45) is 0. The first kappa shape index (κ1) is 40.6. The van der Waals surface area contributed by atoms with Crippen LogP contribution in [0.2, 0.25) is 0 Å². The number of para-hydroxylation sites is 2. The second kappa shape index (κ2) is 16.7. The van der Waals surface area contributed by atoms with Crippen molar-refractivity contribution in [1.29, 1.82) is 0 Å². The van der Waals surface area contributed by atoms with Crippen molar-refractivity contribution >= 4 is 82.5 Å². The van der Waals surface area contributed by atoms with Gasteiger partial charge in [-0.05, 0) is 103 Å². The van der Waals surface area contributed by atoms with E-state index in [2.05, 4.69) is 266 Å². The van der Waals surface area contributed by atoms with Gasteiger partial charge in [-0.3, -0.25) is 0 Å². The van der Waals surface area contributed by atoms with Gasteiger partial charge in [0, 0.05) is 60.9 Å². The second-order valence-electron chi connectivity index (χ2n) is 18.3. The Kier molecular flexibility index (Phi) is 9.53. The van der Waals surface area contributed by atoms with Crippen LogP contribution in [0, 0.1) is 0 Å². The Labute approximate surface area is 410 Å². The summed E-state index contributed by atoms with van der Waals surface area (Å²) in [5, 5.41) is 9.27. The first-order valence-electron chi connectivity index (χ1n) is 24.2. The minimum absolute atomic E-state index is 0.886. The van der Waals surface area contributed by atoms with Crippen molar-refractivity contribution in [3.05, 3.63) is 261 Å². The topological polar surface area (TPSA) is 29.5 Å². The lowest BCUT2D eigenvalue weighted by Crippen LogP contribution is -2.09. The third-order valence-electron chi connectivity index (χ3n) is 14.3. The van der Waals surface area contributed by atoms with E-state index in [0.29, 0.717) is 0 Å². The molecule has 14 aromatic rings. The summed E-state index contributed by atoms with van der Waals surface area (Å²) >= 11 is 0. The van der Waals surface area contributed by atoms with Gasteiger partial charge in [0.25, 0.3) is 0 Å². The standard InChI is InChI=1S/C68H43NO2/c1-4-16-44(17-5-1)45-30-36-52(37-31-45)69(53-38-32-48(33-39-53)57-26-14-28-59-63-55-24-12-10-22-50(55)42-61(67(63)70-65(57)59)46-18-6-2-7-19-46)54-40-34-49(35-41-54)58-27-15-29-60-64-56-25-13-11-23-51(56)43-62(68(64)71-66(58)60)47-20-8-3-9-21-47/h1-43H. The number of rotatable bonds is 8. The van der Waals surface area contributed by atoms with Gasteiger partial charge in [-0.15, -0.1) is 0 Å². The van der Waals surface area contributed by atoms with Crippen LogP contribution >= 0.6 is 0 Å². The predicted molar refractivity (Wildman–Crippen MR) is 298 cm³/mol. The molecule has 0 fully saturated rings. The zero-order valence-electron chi connectivity index (χ0n) is 38.6. The maximum atomic E-state index is 7.01. The molecule has 0 atom stereocenters. The fourth-order valence-electron chi connectivity index (χ4n) is 10.9. The smallest absolute Gasteiger partial charge is 0.143 e. The number of anilines is 3. The first-order chi connectivity index (χ1) is 35.2. The van der Waals surface area contributed by atoms with Crippen molar-refractivity contribution in [3.63, 3.8) is 0 Å². The molecule has 2 heterocycles. The summed E-state index contributed by atoms with van der Waals surface area (Å²) in [4.78, 5) is 2.34. The van der Waals surface area contributed by atoms with Gasteiger partial charge in [-0.1, -0.05) is 212 Å². The molecule has 0 N–H and O–H groups in total. The van der Waals surface area contributed by atoms with E-state index < -0.39 is 0 Å². The van der Waals surface area contributed by atoms with Crippen molar-refractivity contribution in [2.75, 3.05) is 4.90 Å².